The molecule has 3 aromatic carbocycles. The van der Waals surface area contributed by atoms with Gasteiger partial charge in [0.15, 0.2) is 0 Å². The fourth-order valence-corrected chi connectivity index (χ4v) is 4.31. The van der Waals surface area contributed by atoms with Gasteiger partial charge in [0, 0.05) is 0 Å². The number of benzene rings is 3. The van der Waals surface area contributed by atoms with Gasteiger partial charge in [-0.1, -0.05) is 60.2 Å². The summed E-state index contributed by atoms with van der Waals surface area (Å²) in [7, 11) is -3.83. The van der Waals surface area contributed by atoms with E-state index in [2.05, 4.69) is 4.72 Å². The van der Waals surface area contributed by atoms with E-state index in [0.29, 0.717) is 5.56 Å². The maximum absolute atomic E-state index is 13.4. The second-order valence-electron chi connectivity index (χ2n) is 6.29. The molecule has 0 aliphatic heterocycles. The molecule has 134 valence electrons. The first-order valence-corrected chi connectivity index (χ1v) is 9.75. The molecule has 1 atom stereocenters. The van der Waals surface area contributed by atoms with E-state index in [1.54, 1.807) is 6.92 Å². The number of sulfonamides is 1. The molecule has 3 aromatic rings. The van der Waals surface area contributed by atoms with Crippen LogP contribution in [0, 0.1) is 19.7 Å². The Morgan fingerprint density at radius 1 is 0.846 bits per heavy atom. The van der Waals surface area contributed by atoms with E-state index in [9.17, 15) is 12.8 Å². The van der Waals surface area contributed by atoms with Gasteiger partial charge in [-0.2, -0.15) is 4.72 Å². The van der Waals surface area contributed by atoms with Crippen molar-refractivity contribution in [2.45, 2.75) is 24.8 Å². The van der Waals surface area contributed by atoms with Crippen molar-refractivity contribution in [3.8, 4) is 0 Å². The fraction of sp³-hybridized carbons (Fsp3) is 0.143. The highest BCUT2D eigenvalue weighted by Gasteiger charge is 2.24. The predicted molar refractivity (Wildman–Crippen MR) is 101 cm³/mol. The largest absolute Gasteiger partial charge is 0.241 e. The molecule has 0 saturated carbocycles. The molecular weight excluding hydrogens is 349 g/mol. The first-order valence-electron chi connectivity index (χ1n) is 8.27. The molecule has 0 spiro atoms. The van der Waals surface area contributed by atoms with Crippen molar-refractivity contribution in [2.75, 3.05) is 0 Å². The average molecular weight is 369 g/mol. The van der Waals surface area contributed by atoms with Gasteiger partial charge in [0.05, 0.1) is 10.9 Å². The Balaban J connectivity index is 2.04. The van der Waals surface area contributed by atoms with Gasteiger partial charge in [-0.25, -0.2) is 12.8 Å². The van der Waals surface area contributed by atoms with Crippen LogP contribution in [-0.2, 0) is 10.0 Å². The number of halogens is 1. The summed E-state index contributed by atoms with van der Waals surface area (Å²) in [5.41, 5.74) is 3.14. The Hall–Kier alpha value is -2.50. The highest BCUT2D eigenvalue weighted by molar-refractivity contribution is 7.89. The smallest absolute Gasteiger partial charge is 0.207 e. The van der Waals surface area contributed by atoms with Crippen LogP contribution in [0.5, 0.6) is 0 Å². The Morgan fingerprint density at radius 2 is 1.46 bits per heavy atom. The van der Waals surface area contributed by atoms with Gasteiger partial charge in [0.2, 0.25) is 10.0 Å². The highest BCUT2D eigenvalue weighted by atomic mass is 32.2. The molecule has 0 unspecified atom stereocenters. The van der Waals surface area contributed by atoms with Gasteiger partial charge in [-0.15, -0.1) is 0 Å². The first kappa shape index (κ1) is 18.3. The molecule has 0 radical (unpaired) electrons. The lowest BCUT2D eigenvalue weighted by atomic mass is 9.99. The zero-order valence-corrected chi connectivity index (χ0v) is 15.4. The van der Waals surface area contributed by atoms with Crippen molar-refractivity contribution in [1.82, 2.24) is 4.72 Å². The van der Waals surface area contributed by atoms with Crippen LogP contribution in [0.25, 0.3) is 0 Å². The molecular formula is C21H20FNO2S. The lowest BCUT2D eigenvalue weighted by molar-refractivity contribution is 0.570. The summed E-state index contributed by atoms with van der Waals surface area (Å²) < 4.78 is 42.0. The van der Waals surface area contributed by atoms with Gasteiger partial charge in [0.1, 0.15) is 5.82 Å². The summed E-state index contributed by atoms with van der Waals surface area (Å²) in [6.07, 6.45) is 0. The van der Waals surface area contributed by atoms with Gasteiger partial charge < -0.3 is 0 Å². The molecule has 0 aliphatic carbocycles. The van der Waals surface area contributed by atoms with E-state index in [0.717, 1.165) is 22.8 Å². The van der Waals surface area contributed by atoms with E-state index in [1.807, 2.05) is 61.5 Å². The topological polar surface area (TPSA) is 46.2 Å². The molecule has 0 fully saturated rings. The lowest BCUT2D eigenvalue weighted by Gasteiger charge is -2.21. The minimum absolute atomic E-state index is 0.0759. The van der Waals surface area contributed by atoms with E-state index in [4.69, 9.17) is 0 Å². The number of nitrogens with one attached hydrogen (secondary N) is 1. The number of hydrogen-bond donors (Lipinski definition) is 1. The Bertz CT molecular complexity index is 1000. The third kappa shape index (κ3) is 4.00. The number of hydrogen-bond acceptors (Lipinski definition) is 2. The second kappa shape index (κ2) is 7.40. The summed E-state index contributed by atoms with van der Waals surface area (Å²) in [5.74, 6) is -0.459. The average Bonchev–Trinajstić information content (AvgIpc) is 2.61. The molecule has 0 saturated heterocycles. The minimum atomic E-state index is -3.83. The van der Waals surface area contributed by atoms with Crippen LogP contribution >= 0.6 is 0 Å². The Labute approximate surface area is 153 Å². The molecule has 0 aromatic heterocycles. The van der Waals surface area contributed by atoms with Crippen LogP contribution in [0.3, 0.4) is 0 Å². The molecule has 1 N–H and O–H groups in total. The summed E-state index contributed by atoms with van der Waals surface area (Å²) in [4.78, 5) is 0.0759. The quantitative estimate of drug-likeness (QED) is 0.719. The van der Waals surface area contributed by atoms with Crippen molar-refractivity contribution in [3.05, 3.63) is 101 Å². The fourth-order valence-electron chi connectivity index (χ4n) is 2.87. The van der Waals surface area contributed by atoms with Crippen molar-refractivity contribution in [2.24, 2.45) is 0 Å². The molecule has 0 amide bonds. The Kier molecular flexibility index (Phi) is 5.20. The Morgan fingerprint density at radius 3 is 2.08 bits per heavy atom. The van der Waals surface area contributed by atoms with Crippen LogP contribution in [-0.4, -0.2) is 8.42 Å². The number of aryl methyl sites for hydroxylation is 2. The summed E-state index contributed by atoms with van der Waals surface area (Å²) in [6.45, 7) is 3.56. The zero-order chi connectivity index (χ0) is 18.7. The molecule has 0 heterocycles. The summed E-state index contributed by atoms with van der Waals surface area (Å²) in [6, 6.07) is 20.2. The van der Waals surface area contributed by atoms with E-state index in [1.165, 1.54) is 12.1 Å². The zero-order valence-electron chi connectivity index (χ0n) is 14.6. The normalized spacial score (nSPS) is 12.7. The SMILES string of the molecule is Cc1ccc([C@H](NS(=O)(=O)c2ccc(F)cc2C)c2ccccc2)cc1. The summed E-state index contributed by atoms with van der Waals surface area (Å²) >= 11 is 0. The van der Waals surface area contributed by atoms with E-state index in [-0.39, 0.29) is 4.90 Å². The third-order valence-corrected chi connectivity index (χ3v) is 5.83. The van der Waals surface area contributed by atoms with Crippen molar-refractivity contribution in [1.29, 1.82) is 0 Å². The number of rotatable bonds is 5. The molecule has 26 heavy (non-hydrogen) atoms. The van der Waals surface area contributed by atoms with Crippen LogP contribution in [0.1, 0.15) is 28.3 Å². The second-order valence-corrected chi connectivity index (χ2v) is 7.97. The van der Waals surface area contributed by atoms with E-state index >= 15 is 0 Å². The van der Waals surface area contributed by atoms with Gasteiger partial charge in [-0.05, 0) is 48.7 Å². The maximum Gasteiger partial charge on any atom is 0.241 e. The predicted octanol–water partition coefficient (Wildman–Crippen LogP) is 4.51. The lowest BCUT2D eigenvalue weighted by Crippen LogP contribution is -2.30. The van der Waals surface area contributed by atoms with Gasteiger partial charge in [0.25, 0.3) is 0 Å². The van der Waals surface area contributed by atoms with Crippen LogP contribution in [0.4, 0.5) is 4.39 Å². The molecule has 3 rings (SSSR count). The standard InChI is InChI=1S/C21H20FNO2S/c1-15-8-10-18(11-9-15)21(17-6-4-3-5-7-17)23-26(24,25)20-13-12-19(22)14-16(20)2/h3-14,21,23H,1-2H3/t21-/m1/s1. The minimum Gasteiger partial charge on any atom is -0.207 e. The molecule has 0 bridgehead atoms. The van der Waals surface area contributed by atoms with Crippen LogP contribution < -0.4 is 4.72 Å². The monoisotopic (exact) mass is 369 g/mol. The van der Waals surface area contributed by atoms with E-state index < -0.39 is 21.9 Å². The third-order valence-electron chi connectivity index (χ3n) is 4.24. The van der Waals surface area contributed by atoms with Crippen LogP contribution in [0.2, 0.25) is 0 Å². The molecule has 5 heteroatoms. The molecule has 0 aliphatic rings. The molecule has 3 nitrogen and oxygen atoms in total. The van der Waals surface area contributed by atoms with Gasteiger partial charge in [-0.3, -0.25) is 0 Å². The highest BCUT2D eigenvalue weighted by Crippen LogP contribution is 2.26. The van der Waals surface area contributed by atoms with Crippen molar-refractivity contribution in [3.63, 3.8) is 0 Å². The van der Waals surface area contributed by atoms with Crippen molar-refractivity contribution >= 4 is 10.0 Å². The maximum atomic E-state index is 13.4. The van der Waals surface area contributed by atoms with Gasteiger partial charge >= 0.3 is 0 Å². The first-order chi connectivity index (χ1) is 12.4. The van der Waals surface area contributed by atoms with Crippen molar-refractivity contribution < 1.29 is 12.8 Å². The summed E-state index contributed by atoms with van der Waals surface area (Å²) in [5, 5.41) is 0. The van der Waals surface area contributed by atoms with Crippen LogP contribution in [0.15, 0.2) is 77.7 Å².